The molecule has 0 aliphatic rings. The van der Waals surface area contributed by atoms with Crippen molar-refractivity contribution in [1.29, 1.82) is 5.26 Å². The van der Waals surface area contributed by atoms with Gasteiger partial charge >= 0.3 is 5.97 Å². The zero-order valence-corrected chi connectivity index (χ0v) is 16.9. The average Bonchev–Trinajstić information content (AvgIpc) is 3.06. The molecule has 1 heterocycles. The molecule has 2 aromatic carbocycles. The van der Waals surface area contributed by atoms with Gasteiger partial charge in [0.2, 0.25) is 0 Å². The van der Waals surface area contributed by atoms with E-state index in [4.69, 9.17) is 4.74 Å². The van der Waals surface area contributed by atoms with Crippen LogP contribution in [0.2, 0.25) is 0 Å². The number of hydrogen-bond donors (Lipinski definition) is 1. The Morgan fingerprint density at radius 3 is 2.48 bits per heavy atom. The molecule has 9 heteroatoms. The minimum atomic E-state index is -1.45. The predicted octanol–water partition coefficient (Wildman–Crippen LogP) is 3.22. The quantitative estimate of drug-likeness (QED) is 0.355. The fourth-order valence-corrected chi connectivity index (χ4v) is 3.60. The second kappa shape index (κ2) is 9.09. The summed E-state index contributed by atoms with van der Waals surface area (Å²) in [5.41, 5.74) is 0.332. The van der Waals surface area contributed by atoms with Crippen LogP contribution in [0.25, 0.3) is 5.69 Å². The van der Waals surface area contributed by atoms with E-state index in [0.29, 0.717) is 11.4 Å². The molecule has 2 atom stereocenters. The number of ether oxygens (including phenoxy) is 1. The van der Waals surface area contributed by atoms with Gasteiger partial charge in [-0.2, -0.15) is 5.26 Å². The fourth-order valence-electron chi connectivity index (χ4n) is 3.60. The van der Waals surface area contributed by atoms with Gasteiger partial charge in [0, 0.05) is 28.8 Å². The number of nitro benzene ring substituents is 1. The Labute approximate surface area is 177 Å². The van der Waals surface area contributed by atoms with Crippen LogP contribution in [0.3, 0.4) is 0 Å². The van der Waals surface area contributed by atoms with Crippen molar-refractivity contribution in [2.45, 2.75) is 19.8 Å². The van der Waals surface area contributed by atoms with Crippen LogP contribution in [-0.4, -0.2) is 27.3 Å². The molecule has 0 radical (unpaired) electrons. The molecule has 1 aromatic heterocycles. The molecule has 0 aliphatic carbocycles. The summed E-state index contributed by atoms with van der Waals surface area (Å²) < 4.78 is 6.32. The maximum atomic E-state index is 13.4. The van der Waals surface area contributed by atoms with Crippen LogP contribution in [0.1, 0.15) is 29.7 Å². The molecule has 0 fully saturated rings. The van der Waals surface area contributed by atoms with Crippen molar-refractivity contribution in [3.63, 3.8) is 0 Å². The lowest BCUT2D eigenvalue weighted by Crippen LogP contribution is -2.29. The second-order valence-electron chi connectivity index (χ2n) is 6.78. The zero-order valence-electron chi connectivity index (χ0n) is 16.9. The number of nitriles is 1. The van der Waals surface area contributed by atoms with Gasteiger partial charge in [-0.1, -0.05) is 36.4 Å². The molecular weight excluding hydrogens is 400 g/mol. The first-order valence-electron chi connectivity index (χ1n) is 9.57. The van der Waals surface area contributed by atoms with E-state index in [9.17, 15) is 25.0 Å². The molecule has 0 aliphatic heterocycles. The number of carbonyl (C=O) groups is 1. The zero-order chi connectivity index (χ0) is 22.5. The largest absolute Gasteiger partial charge is 0.465 e. The number of para-hydroxylation sites is 2. The molecule has 0 spiro atoms. The summed E-state index contributed by atoms with van der Waals surface area (Å²) in [6, 6.07) is 16.4. The number of aromatic nitrogens is 2. The van der Waals surface area contributed by atoms with E-state index >= 15 is 0 Å². The van der Waals surface area contributed by atoms with Crippen LogP contribution in [0.15, 0.2) is 59.4 Å². The highest BCUT2D eigenvalue weighted by Crippen LogP contribution is 2.37. The lowest BCUT2D eigenvalue weighted by Gasteiger charge is -2.20. The molecule has 2 unspecified atom stereocenters. The SMILES string of the molecule is CCOC(=O)C(C#N)C(c1ccccc1[N+](=O)[O-])c1c(C)[nH]n(-c2ccccc2)c1=O. The molecule has 158 valence electrons. The molecule has 0 amide bonds. The van der Waals surface area contributed by atoms with Crippen molar-refractivity contribution in [3.05, 3.63) is 91.9 Å². The van der Waals surface area contributed by atoms with E-state index < -0.39 is 28.3 Å². The fraction of sp³-hybridized carbons (Fsp3) is 0.227. The molecule has 31 heavy (non-hydrogen) atoms. The first-order valence-corrected chi connectivity index (χ1v) is 9.57. The van der Waals surface area contributed by atoms with Crippen molar-refractivity contribution in [3.8, 4) is 11.8 Å². The minimum absolute atomic E-state index is 0.0288. The molecule has 9 nitrogen and oxygen atoms in total. The Bertz CT molecular complexity index is 1210. The number of H-pyrrole nitrogens is 1. The normalized spacial score (nSPS) is 12.5. The van der Waals surface area contributed by atoms with Gasteiger partial charge in [-0.05, 0) is 26.0 Å². The van der Waals surface area contributed by atoms with Crippen molar-refractivity contribution in [1.82, 2.24) is 9.78 Å². The van der Waals surface area contributed by atoms with Crippen LogP contribution >= 0.6 is 0 Å². The summed E-state index contributed by atoms with van der Waals surface area (Å²) in [6.45, 7) is 3.24. The topological polar surface area (TPSA) is 131 Å². The van der Waals surface area contributed by atoms with Crippen LogP contribution in [0.4, 0.5) is 5.69 Å². The number of carbonyl (C=O) groups excluding carboxylic acids is 1. The molecule has 3 rings (SSSR count). The summed E-state index contributed by atoms with van der Waals surface area (Å²) >= 11 is 0. The molecule has 0 saturated heterocycles. The van der Waals surface area contributed by atoms with E-state index in [-0.39, 0.29) is 23.4 Å². The number of nitrogens with one attached hydrogen (secondary N) is 1. The van der Waals surface area contributed by atoms with Crippen molar-refractivity contribution >= 4 is 11.7 Å². The highest BCUT2D eigenvalue weighted by Gasteiger charge is 2.39. The Hall–Kier alpha value is -4.19. The third kappa shape index (κ3) is 4.09. The van der Waals surface area contributed by atoms with Gasteiger partial charge < -0.3 is 4.74 Å². The molecule has 1 N–H and O–H groups in total. The van der Waals surface area contributed by atoms with Gasteiger partial charge in [0.15, 0.2) is 5.92 Å². The Kier molecular flexibility index (Phi) is 6.31. The second-order valence-corrected chi connectivity index (χ2v) is 6.78. The maximum absolute atomic E-state index is 13.4. The van der Waals surface area contributed by atoms with Gasteiger partial charge in [0.25, 0.3) is 11.2 Å². The first kappa shape index (κ1) is 21.5. The monoisotopic (exact) mass is 420 g/mol. The van der Waals surface area contributed by atoms with E-state index in [2.05, 4.69) is 5.10 Å². The summed E-state index contributed by atoms with van der Waals surface area (Å²) in [5.74, 6) is -3.49. The number of nitro groups is 1. The maximum Gasteiger partial charge on any atom is 0.324 e. The number of benzene rings is 2. The van der Waals surface area contributed by atoms with E-state index in [1.54, 1.807) is 50.2 Å². The van der Waals surface area contributed by atoms with E-state index in [0.717, 1.165) is 0 Å². The van der Waals surface area contributed by atoms with Crippen LogP contribution in [0, 0.1) is 34.3 Å². The lowest BCUT2D eigenvalue weighted by atomic mass is 9.80. The van der Waals surface area contributed by atoms with Gasteiger partial charge in [0.05, 0.1) is 23.3 Å². The minimum Gasteiger partial charge on any atom is -0.465 e. The van der Waals surface area contributed by atoms with Gasteiger partial charge in [0.1, 0.15) is 0 Å². The third-order valence-corrected chi connectivity index (χ3v) is 4.92. The number of aryl methyl sites for hydroxylation is 1. The summed E-state index contributed by atoms with van der Waals surface area (Å²) in [6.07, 6.45) is 0. The number of esters is 1. The smallest absolute Gasteiger partial charge is 0.324 e. The average molecular weight is 420 g/mol. The number of hydrogen-bond acceptors (Lipinski definition) is 6. The highest BCUT2D eigenvalue weighted by atomic mass is 16.6. The third-order valence-electron chi connectivity index (χ3n) is 4.92. The van der Waals surface area contributed by atoms with Crippen molar-refractivity contribution in [2.75, 3.05) is 6.61 Å². The molecule has 0 bridgehead atoms. The van der Waals surface area contributed by atoms with E-state index in [1.807, 2.05) is 6.07 Å². The predicted molar refractivity (Wildman–Crippen MR) is 112 cm³/mol. The van der Waals surface area contributed by atoms with Gasteiger partial charge in [-0.25, -0.2) is 4.68 Å². The molecular formula is C22H20N4O5. The summed E-state index contributed by atoms with van der Waals surface area (Å²) in [4.78, 5) is 37.1. The van der Waals surface area contributed by atoms with Crippen molar-refractivity contribution < 1.29 is 14.5 Å². The summed E-state index contributed by atoms with van der Waals surface area (Å²) in [5, 5.41) is 24.4. The molecule has 0 saturated carbocycles. The Morgan fingerprint density at radius 1 is 1.23 bits per heavy atom. The Morgan fingerprint density at radius 2 is 1.87 bits per heavy atom. The van der Waals surface area contributed by atoms with Crippen LogP contribution in [0.5, 0.6) is 0 Å². The highest BCUT2D eigenvalue weighted by molar-refractivity contribution is 5.78. The van der Waals surface area contributed by atoms with E-state index in [1.165, 1.54) is 22.9 Å². The van der Waals surface area contributed by atoms with Gasteiger partial charge in [-0.3, -0.25) is 24.8 Å². The van der Waals surface area contributed by atoms with Crippen molar-refractivity contribution in [2.24, 2.45) is 5.92 Å². The van der Waals surface area contributed by atoms with Crippen LogP contribution < -0.4 is 5.56 Å². The summed E-state index contributed by atoms with van der Waals surface area (Å²) in [7, 11) is 0. The molecule has 3 aromatic rings. The van der Waals surface area contributed by atoms with Gasteiger partial charge in [-0.15, -0.1) is 0 Å². The first-order chi connectivity index (χ1) is 14.9. The number of aromatic amines is 1. The van der Waals surface area contributed by atoms with Crippen LogP contribution in [-0.2, 0) is 9.53 Å². The number of nitrogens with zero attached hydrogens (tertiary/aromatic N) is 3. The number of rotatable bonds is 7. The lowest BCUT2D eigenvalue weighted by molar-refractivity contribution is -0.385. The standard InChI is InChI=1S/C22H20N4O5/c1-3-31-22(28)17(13-23)20(16-11-7-8-12-18(16)26(29)30)19-14(2)24-25(21(19)27)15-9-5-4-6-10-15/h4-12,17,20,24H,3H2,1-2H3. The Balaban J connectivity index is 2.30.